The predicted molar refractivity (Wildman–Crippen MR) is 75.3 cm³/mol. The van der Waals surface area contributed by atoms with E-state index in [2.05, 4.69) is 5.32 Å². The minimum Gasteiger partial charge on any atom is -0.481 e. The zero-order valence-corrected chi connectivity index (χ0v) is 11.8. The summed E-state index contributed by atoms with van der Waals surface area (Å²) < 4.78 is 0. The second kappa shape index (κ2) is 6.05. The van der Waals surface area contributed by atoms with E-state index in [4.69, 9.17) is 0 Å². The summed E-state index contributed by atoms with van der Waals surface area (Å²) in [5, 5.41) is 12.4. The van der Waals surface area contributed by atoms with Crippen LogP contribution in [0.5, 0.6) is 0 Å². The lowest BCUT2D eigenvalue weighted by Gasteiger charge is -2.34. The third-order valence-corrected chi connectivity index (χ3v) is 3.74. The molecule has 1 amide bonds. The van der Waals surface area contributed by atoms with Crippen LogP contribution in [0, 0.1) is 5.92 Å². The lowest BCUT2D eigenvalue weighted by atomic mass is 9.89. The van der Waals surface area contributed by atoms with Crippen molar-refractivity contribution in [1.82, 2.24) is 10.2 Å². The maximum absolute atomic E-state index is 12.4. The molecule has 2 unspecified atom stereocenters. The van der Waals surface area contributed by atoms with Gasteiger partial charge in [0.05, 0.1) is 5.92 Å². The van der Waals surface area contributed by atoms with Gasteiger partial charge in [0.1, 0.15) is 0 Å². The van der Waals surface area contributed by atoms with Crippen LogP contribution in [0.4, 0.5) is 0 Å². The Kier molecular flexibility index (Phi) is 4.39. The van der Waals surface area contributed by atoms with E-state index in [0.29, 0.717) is 13.1 Å². The van der Waals surface area contributed by atoms with Crippen LogP contribution in [0.1, 0.15) is 24.0 Å². The molecular weight excluding hydrogens is 256 g/mol. The van der Waals surface area contributed by atoms with Crippen molar-refractivity contribution in [2.24, 2.45) is 5.92 Å². The molecule has 1 aliphatic heterocycles. The Bertz CT molecular complexity index is 516. The fraction of sp³-hybridized carbons (Fsp3) is 0.467. The summed E-state index contributed by atoms with van der Waals surface area (Å²) >= 11 is 0. The lowest BCUT2D eigenvalue weighted by Crippen LogP contribution is -2.44. The highest BCUT2D eigenvalue weighted by Crippen LogP contribution is 2.29. The number of fused-ring (bicyclic) bond motifs is 1. The Morgan fingerprint density at radius 1 is 1.45 bits per heavy atom. The van der Waals surface area contributed by atoms with Crippen LogP contribution < -0.4 is 5.32 Å². The van der Waals surface area contributed by atoms with Gasteiger partial charge in [-0.25, -0.2) is 0 Å². The van der Waals surface area contributed by atoms with Crippen molar-refractivity contribution in [2.45, 2.75) is 19.4 Å². The van der Waals surface area contributed by atoms with Gasteiger partial charge in [0.2, 0.25) is 5.91 Å². The highest BCUT2D eigenvalue weighted by Gasteiger charge is 2.33. The van der Waals surface area contributed by atoms with Gasteiger partial charge in [-0.15, -0.1) is 0 Å². The molecule has 0 fully saturated rings. The number of carbonyl (C=O) groups excluding carboxylic acids is 1. The van der Waals surface area contributed by atoms with Gasteiger partial charge in [0.25, 0.3) is 0 Å². The summed E-state index contributed by atoms with van der Waals surface area (Å²) in [6.07, 6.45) is 0. The van der Waals surface area contributed by atoms with Crippen molar-refractivity contribution in [1.29, 1.82) is 0 Å². The standard InChI is InChI=1S/C15H20N2O3/c1-10(7-16-2)14(18)17-8-11-5-3-4-6-12(11)13(9-17)15(19)20/h3-6,10,13,16H,7-9H2,1-2H3,(H,19,20). The van der Waals surface area contributed by atoms with Gasteiger partial charge in [-0.05, 0) is 18.2 Å². The lowest BCUT2D eigenvalue weighted by molar-refractivity contribution is -0.142. The fourth-order valence-electron chi connectivity index (χ4n) is 2.69. The first-order valence-electron chi connectivity index (χ1n) is 6.78. The van der Waals surface area contributed by atoms with E-state index in [-0.39, 0.29) is 18.4 Å². The fourth-order valence-corrected chi connectivity index (χ4v) is 2.69. The molecule has 0 saturated heterocycles. The average Bonchev–Trinajstić information content (AvgIpc) is 2.45. The van der Waals surface area contributed by atoms with Crippen molar-refractivity contribution in [2.75, 3.05) is 20.1 Å². The second-order valence-electron chi connectivity index (χ2n) is 5.27. The number of hydrogen-bond donors (Lipinski definition) is 2. The molecule has 0 aliphatic carbocycles. The predicted octanol–water partition coefficient (Wildman–Crippen LogP) is 1.05. The third-order valence-electron chi connectivity index (χ3n) is 3.74. The minimum absolute atomic E-state index is 0.0000954. The average molecular weight is 276 g/mol. The van der Waals surface area contributed by atoms with Gasteiger partial charge in [0, 0.05) is 25.6 Å². The molecule has 2 rings (SSSR count). The summed E-state index contributed by atoms with van der Waals surface area (Å²) in [4.78, 5) is 25.4. The zero-order chi connectivity index (χ0) is 14.7. The van der Waals surface area contributed by atoms with Crippen LogP contribution in [0.3, 0.4) is 0 Å². The molecule has 0 saturated carbocycles. The summed E-state index contributed by atoms with van der Waals surface area (Å²) in [6.45, 7) is 3.19. The van der Waals surface area contributed by atoms with E-state index in [1.807, 2.05) is 31.2 Å². The first kappa shape index (κ1) is 14.5. The summed E-state index contributed by atoms with van der Waals surface area (Å²) in [5.74, 6) is -1.67. The normalized spacial score (nSPS) is 19.3. The van der Waals surface area contributed by atoms with Crippen molar-refractivity contribution >= 4 is 11.9 Å². The Balaban J connectivity index is 2.24. The quantitative estimate of drug-likeness (QED) is 0.862. The molecule has 1 aromatic rings. The van der Waals surface area contributed by atoms with Gasteiger partial charge in [-0.2, -0.15) is 0 Å². The highest BCUT2D eigenvalue weighted by atomic mass is 16.4. The van der Waals surface area contributed by atoms with Crippen molar-refractivity contribution in [3.63, 3.8) is 0 Å². The molecule has 5 heteroatoms. The summed E-state index contributed by atoms with van der Waals surface area (Å²) in [5.41, 5.74) is 1.75. The SMILES string of the molecule is CNCC(C)C(=O)N1Cc2ccccc2C(C(=O)O)C1. The molecule has 0 bridgehead atoms. The van der Waals surface area contributed by atoms with Crippen LogP contribution in [0.25, 0.3) is 0 Å². The van der Waals surface area contributed by atoms with Gasteiger partial charge in [-0.1, -0.05) is 31.2 Å². The zero-order valence-electron chi connectivity index (χ0n) is 11.8. The van der Waals surface area contributed by atoms with E-state index >= 15 is 0 Å². The molecule has 1 aromatic carbocycles. The van der Waals surface area contributed by atoms with Gasteiger partial charge in [-0.3, -0.25) is 9.59 Å². The molecule has 1 heterocycles. The molecule has 0 radical (unpaired) electrons. The molecule has 0 spiro atoms. The van der Waals surface area contributed by atoms with E-state index in [1.54, 1.807) is 11.9 Å². The van der Waals surface area contributed by atoms with Crippen LogP contribution in [-0.4, -0.2) is 42.0 Å². The maximum atomic E-state index is 12.4. The Hall–Kier alpha value is -1.88. The summed E-state index contributed by atoms with van der Waals surface area (Å²) in [7, 11) is 1.80. The minimum atomic E-state index is -0.879. The number of carboxylic acid groups (broad SMARTS) is 1. The molecule has 0 aromatic heterocycles. The van der Waals surface area contributed by atoms with Crippen molar-refractivity contribution in [3.05, 3.63) is 35.4 Å². The van der Waals surface area contributed by atoms with Crippen molar-refractivity contribution < 1.29 is 14.7 Å². The van der Waals surface area contributed by atoms with Gasteiger partial charge < -0.3 is 15.3 Å². The molecular formula is C15H20N2O3. The van der Waals surface area contributed by atoms with E-state index < -0.39 is 11.9 Å². The largest absolute Gasteiger partial charge is 0.481 e. The Morgan fingerprint density at radius 2 is 2.15 bits per heavy atom. The van der Waals surface area contributed by atoms with Crippen LogP contribution in [0.2, 0.25) is 0 Å². The second-order valence-corrected chi connectivity index (χ2v) is 5.27. The number of hydrogen-bond acceptors (Lipinski definition) is 3. The van der Waals surface area contributed by atoms with E-state index in [9.17, 15) is 14.7 Å². The summed E-state index contributed by atoms with van der Waals surface area (Å²) in [6, 6.07) is 7.46. The highest BCUT2D eigenvalue weighted by molar-refractivity contribution is 5.82. The molecule has 108 valence electrons. The van der Waals surface area contributed by atoms with Gasteiger partial charge >= 0.3 is 5.97 Å². The Morgan fingerprint density at radius 3 is 2.80 bits per heavy atom. The number of aliphatic carboxylic acids is 1. The number of carbonyl (C=O) groups is 2. The van der Waals surface area contributed by atoms with Crippen LogP contribution >= 0.6 is 0 Å². The first-order valence-corrected chi connectivity index (χ1v) is 6.78. The van der Waals surface area contributed by atoms with Gasteiger partial charge in [0.15, 0.2) is 0 Å². The number of nitrogens with one attached hydrogen (secondary N) is 1. The molecule has 1 aliphatic rings. The molecule has 2 atom stereocenters. The molecule has 5 nitrogen and oxygen atoms in total. The van der Waals surface area contributed by atoms with Crippen LogP contribution in [-0.2, 0) is 16.1 Å². The van der Waals surface area contributed by atoms with E-state index in [1.165, 1.54) is 0 Å². The smallest absolute Gasteiger partial charge is 0.312 e. The Labute approximate surface area is 118 Å². The molecule has 20 heavy (non-hydrogen) atoms. The van der Waals surface area contributed by atoms with Crippen molar-refractivity contribution in [3.8, 4) is 0 Å². The third kappa shape index (κ3) is 2.82. The van der Waals surface area contributed by atoms with E-state index in [0.717, 1.165) is 11.1 Å². The maximum Gasteiger partial charge on any atom is 0.312 e. The van der Waals surface area contributed by atoms with Crippen LogP contribution in [0.15, 0.2) is 24.3 Å². The number of amides is 1. The first-order chi connectivity index (χ1) is 9.54. The number of carboxylic acids is 1. The topological polar surface area (TPSA) is 69.6 Å². The monoisotopic (exact) mass is 276 g/mol. The number of rotatable bonds is 4. The number of benzene rings is 1. The molecule has 2 N–H and O–H groups in total. The number of nitrogens with zero attached hydrogens (tertiary/aromatic N) is 1.